The van der Waals surface area contributed by atoms with E-state index in [0.29, 0.717) is 12.4 Å². The molecule has 17 heavy (non-hydrogen) atoms. The smallest absolute Gasteiger partial charge is 0.148 e. The highest BCUT2D eigenvalue weighted by Crippen LogP contribution is 2.21. The van der Waals surface area contributed by atoms with Crippen molar-refractivity contribution in [1.82, 2.24) is 9.97 Å². The molecule has 0 saturated carbocycles. The lowest BCUT2D eigenvalue weighted by Crippen LogP contribution is -2.29. The zero-order valence-electron chi connectivity index (χ0n) is 10.5. The van der Waals surface area contributed by atoms with Crippen LogP contribution >= 0.6 is 0 Å². The fourth-order valence-corrected chi connectivity index (χ4v) is 1.70. The van der Waals surface area contributed by atoms with Gasteiger partial charge in [0.2, 0.25) is 0 Å². The minimum absolute atomic E-state index is 0.110. The lowest BCUT2D eigenvalue weighted by molar-refractivity contribution is 0.301. The third-order valence-corrected chi connectivity index (χ3v) is 2.65. The Bertz CT molecular complexity index is 345. The molecule has 1 rings (SSSR count). The number of nitrogens with two attached hydrogens (primary N) is 1. The van der Waals surface area contributed by atoms with Crippen molar-refractivity contribution in [1.29, 1.82) is 0 Å². The SMILES string of the molecule is CCCCN(CCO)c1ncnc(NN)c1C. The predicted molar refractivity (Wildman–Crippen MR) is 68.8 cm³/mol. The number of anilines is 2. The van der Waals surface area contributed by atoms with E-state index in [1.165, 1.54) is 6.33 Å². The van der Waals surface area contributed by atoms with Crippen LogP contribution in [0.3, 0.4) is 0 Å². The number of hydrogen-bond acceptors (Lipinski definition) is 6. The molecule has 6 nitrogen and oxygen atoms in total. The van der Waals surface area contributed by atoms with Gasteiger partial charge in [0.15, 0.2) is 0 Å². The number of rotatable bonds is 7. The number of nitrogen functional groups attached to an aromatic ring is 1. The maximum atomic E-state index is 9.09. The van der Waals surface area contributed by atoms with Gasteiger partial charge < -0.3 is 15.4 Å². The normalized spacial score (nSPS) is 10.4. The highest BCUT2D eigenvalue weighted by molar-refractivity contribution is 5.57. The Balaban J connectivity index is 2.92. The van der Waals surface area contributed by atoms with Gasteiger partial charge in [0.05, 0.1) is 6.61 Å². The van der Waals surface area contributed by atoms with Crippen LogP contribution in [0.2, 0.25) is 0 Å². The summed E-state index contributed by atoms with van der Waals surface area (Å²) in [5.74, 6) is 6.83. The topological polar surface area (TPSA) is 87.3 Å². The van der Waals surface area contributed by atoms with Crippen LogP contribution in [0.15, 0.2) is 6.33 Å². The summed E-state index contributed by atoms with van der Waals surface area (Å²) in [4.78, 5) is 10.4. The minimum atomic E-state index is 0.110. The van der Waals surface area contributed by atoms with Gasteiger partial charge >= 0.3 is 0 Å². The number of unbranched alkanes of at least 4 members (excludes halogenated alkanes) is 1. The first-order valence-electron chi connectivity index (χ1n) is 5.88. The highest BCUT2D eigenvalue weighted by Gasteiger charge is 2.12. The molecule has 4 N–H and O–H groups in total. The van der Waals surface area contributed by atoms with Crippen LogP contribution in [0.25, 0.3) is 0 Å². The molecule has 0 unspecified atom stereocenters. The maximum Gasteiger partial charge on any atom is 0.148 e. The molecule has 0 aliphatic carbocycles. The molecule has 0 radical (unpaired) electrons. The Morgan fingerprint density at radius 1 is 1.41 bits per heavy atom. The molecule has 1 aromatic rings. The van der Waals surface area contributed by atoms with Gasteiger partial charge in [-0.25, -0.2) is 15.8 Å². The fraction of sp³-hybridized carbons (Fsp3) is 0.636. The summed E-state index contributed by atoms with van der Waals surface area (Å²) < 4.78 is 0. The van der Waals surface area contributed by atoms with Crippen LogP contribution in [-0.4, -0.2) is 34.8 Å². The van der Waals surface area contributed by atoms with Gasteiger partial charge in [0, 0.05) is 18.7 Å². The lowest BCUT2D eigenvalue weighted by Gasteiger charge is -2.24. The molecular formula is C11H21N5O. The summed E-state index contributed by atoms with van der Waals surface area (Å²) in [6.45, 7) is 5.61. The molecule has 0 amide bonds. The van der Waals surface area contributed by atoms with Gasteiger partial charge in [0.1, 0.15) is 18.0 Å². The van der Waals surface area contributed by atoms with Crippen molar-refractivity contribution >= 4 is 11.6 Å². The lowest BCUT2D eigenvalue weighted by atomic mass is 10.2. The van der Waals surface area contributed by atoms with Crippen molar-refractivity contribution in [3.63, 3.8) is 0 Å². The Morgan fingerprint density at radius 2 is 2.18 bits per heavy atom. The van der Waals surface area contributed by atoms with E-state index in [1.54, 1.807) is 0 Å². The Kier molecular flexibility index (Phi) is 5.65. The molecule has 0 saturated heterocycles. The van der Waals surface area contributed by atoms with Gasteiger partial charge in [-0.1, -0.05) is 13.3 Å². The van der Waals surface area contributed by atoms with Crippen molar-refractivity contribution in [2.24, 2.45) is 5.84 Å². The second-order valence-corrected chi connectivity index (χ2v) is 3.88. The summed E-state index contributed by atoms with van der Waals surface area (Å²) in [6.07, 6.45) is 3.65. The van der Waals surface area contributed by atoms with Crippen molar-refractivity contribution in [2.45, 2.75) is 26.7 Å². The van der Waals surface area contributed by atoms with E-state index in [4.69, 9.17) is 10.9 Å². The van der Waals surface area contributed by atoms with Gasteiger partial charge in [-0.15, -0.1) is 0 Å². The number of aliphatic hydroxyl groups excluding tert-OH is 1. The quantitative estimate of drug-likeness (QED) is 0.479. The number of nitrogens with one attached hydrogen (secondary N) is 1. The summed E-state index contributed by atoms with van der Waals surface area (Å²) >= 11 is 0. The van der Waals surface area contributed by atoms with Gasteiger partial charge in [-0.2, -0.15) is 0 Å². The molecule has 96 valence electrons. The third-order valence-electron chi connectivity index (χ3n) is 2.65. The first kappa shape index (κ1) is 13.7. The molecular weight excluding hydrogens is 218 g/mol. The number of nitrogens with zero attached hydrogens (tertiary/aromatic N) is 3. The van der Waals surface area contributed by atoms with Gasteiger partial charge in [0.25, 0.3) is 0 Å². The predicted octanol–water partition coefficient (Wildman–Crippen LogP) is 0.669. The summed E-state index contributed by atoms with van der Waals surface area (Å²) in [7, 11) is 0. The molecule has 1 aromatic heterocycles. The van der Waals surface area contributed by atoms with Gasteiger partial charge in [-0.05, 0) is 13.3 Å². The minimum Gasteiger partial charge on any atom is -0.395 e. The Morgan fingerprint density at radius 3 is 2.76 bits per heavy atom. The number of hydrazine groups is 1. The molecule has 0 fully saturated rings. The van der Waals surface area contributed by atoms with E-state index >= 15 is 0 Å². The first-order chi connectivity index (χ1) is 8.24. The Labute approximate surface area is 102 Å². The molecule has 0 aliphatic heterocycles. The maximum absolute atomic E-state index is 9.09. The van der Waals surface area contributed by atoms with Crippen LogP contribution < -0.4 is 16.2 Å². The summed E-state index contributed by atoms with van der Waals surface area (Å²) in [6, 6.07) is 0. The molecule has 0 spiro atoms. The fourth-order valence-electron chi connectivity index (χ4n) is 1.70. The highest BCUT2D eigenvalue weighted by atomic mass is 16.3. The van der Waals surface area contributed by atoms with Crippen molar-refractivity contribution in [2.75, 3.05) is 30.0 Å². The van der Waals surface area contributed by atoms with Crippen molar-refractivity contribution in [3.05, 3.63) is 11.9 Å². The van der Waals surface area contributed by atoms with E-state index < -0.39 is 0 Å². The van der Waals surface area contributed by atoms with E-state index in [0.717, 1.165) is 30.8 Å². The average Bonchev–Trinajstić information content (AvgIpc) is 2.35. The van der Waals surface area contributed by atoms with Crippen LogP contribution in [0.4, 0.5) is 11.6 Å². The molecule has 0 atom stereocenters. The molecule has 0 aromatic carbocycles. The first-order valence-corrected chi connectivity index (χ1v) is 5.88. The largest absolute Gasteiger partial charge is 0.395 e. The van der Waals surface area contributed by atoms with Crippen LogP contribution in [0.5, 0.6) is 0 Å². The second kappa shape index (κ2) is 7.03. The summed E-state index contributed by atoms with van der Waals surface area (Å²) in [5.41, 5.74) is 3.45. The molecule has 0 aliphatic rings. The van der Waals surface area contributed by atoms with E-state index in [1.807, 2.05) is 6.92 Å². The second-order valence-electron chi connectivity index (χ2n) is 3.88. The number of aromatic nitrogens is 2. The number of aliphatic hydroxyl groups is 1. The molecule has 0 bridgehead atoms. The zero-order valence-corrected chi connectivity index (χ0v) is 10.5. The number of hydrogen-bond donors (Lipinski definition) is 3. The standard InChI is InChI=1S/C11H21N5O/c1-3-4-5-16(6-7-17)11-9(2)10(15-12)13-8-14-11/h8,17H,3-7,12H2,1-2H3,(H,13,14,15). The van der Waals surface area contributed by atoms with Crippen LogP contribution in [0, 0.1) is 6.92 Å². The Hall–Kier alpha value is -1.40. The van der Waals surface area contributed by atoms with Crippen molar-refractivity contribution < 1.29 is 5.11 Å². The van der Waals surface area contributed by atoms with E-state index in [2.05, 4.69) is 27.2 Å². The zero-order chi connectivity index (χ0) is 12.7. The van der Waals surface area contributed by atoms with Gasteiger partial charge in [-0.3, -0.25) is 0 Å². The van der Waals surface area contributed by atoms with Crippen LogP contribution in [-0.2, 0) is 0 Å². The van der Waals surface area contributed by atoms with E-state index in [-0.39, 0.29) is 6.61 Å². The average molecular weight is 239 g/mol. The summed E-state index contributed by atoms with van der Waals surface area (Å²) in [5, 5.41) is 9.09. The van der Waals surface area contributed by atoms with Crippen LogP contribution in [0.1, 0.15) is 25.3 Å². The van der Waals surface area contributed by atoms with E-state index in [9.17, 15) is 0 Å². The van der Waals surface area contributed by atoms with Crippen molar-refractivity contribution in [3.8, 4) is 0 Å². The third kappa shape index (κ3) is 3.54. The molecule has 6 heteroatoms. The monoisotopic (exact) mass is 239 g/mol. The molecule has 1 heterocycles.